The van der Waals surface area contributed by atoms with Gasteiger partial charge in [-0.3, -0.25) is 0 Å². The van der Waals surface area contributed by atoms with Gasteiger partial charge in [-0.2, -0.15) is 5.26 Å². The average molecular weight is 211 g/mol. The van der Waals surface area contributed by atoms with Crippen molar-refractivity contribution in [1.29, 1.82) is 5.26 Å². The van der Waals surface area contributed by atoms with Crippen molar-refractivity contribution >= 4 is 8.32 Å². The van der Waals surface area contributed by atoms with Crippen LogP contribution in [-0.4, -0.2) is 13.9 Å². The second-order valence-corrected chi connectivity index (χ2v) is 9.79. The van der Waals surface area contributed by atoms with Crippen molar-refractivity contribution in [2.45, 2.75) is 57.8 Å². The molecule has 0 spiro atoms. The molecule has 80 valence electrons. The molecule has 0 heterocycles. The fourth-order valence-corrected chi connectivity index (χ4v) is 3.65. The largest absolute Gasteiger partial charge is 0.400 e. The Balaban J connectivity index is 2.80. The lowest BCUT2D eigenvalue weighted by atomic mass is 9.77. The van der Waals surface area contributed by atoms with Crippen molar-refractivity contribution in [3.8, 4) is 6.07 Å². The van der Waals surface area contributed by atoms with Crippen LogP contribution >= 0.6 is 0 Å². The highest BCUT2D eigenvalue weighted by molar-refractivity contribution is 6.69. The quantitative estimate of drug-likeness (QED) is 0.656. The number of hydrogen-bond donors (Lipinski definition) is 0. The molecule has 2 atom stereocenters. The van der Waals surface area contributed by atoms with Crippen LogP contribution in [0.25, 0.3) is 0 Å². The summed E-state index contributed by atoms with van der Waals surface area (Å²) in [5.41, 5.74) is -0.470. The highest BCUT2D eigenvalue weighted by atomic mass is 28.4. The lowest BCUT2D eigenvalue weighted by Crippen LogP contribution is -2.47. The normalized spacial score (nSPS) is 33.8. The fourth-order valence-electron chi connectivity index (χ4n) is 2.20. The Morgan fingerprint density at radius 1 is 1.36 bits per heavy atom. The van der Waals surface area contributed by atoms with Gasteiger partial charge in [0.05, 0.1) is 6.07 Å². The first-order valence-corrected chi connectivity index (χ1v) is 8.92. The van der Waals surface area contributed by atoms with Crippen LogP contribution in [0.15, 0.2) is 0 Å². The van der Waals surface area contributed by atoms with Gasteiger partial charge in [-0.05, 0) is 44.8 Å². The summed E-state index contributed by atoms with van der Waals surface area (Å²) in [5.74, 6) is 0.396. The fraction of sp³-hybridized carbons (Fsp3) is 0.909. The van der Waals surface area contributed by atoms with Gasteiger partial charge in [0, 0.05) is 0 Å². The van der Waals surface area contributed by atoms with Crippen molar-refractivity contribution in [2.24, 2.45) is 5.92 Å². The van der Waals surface area contributed by atoms with Crippen molar-refractivity contribution in [3.63, 3.8) is 0 Å². The highest BCUT2D eigenvalue weighted by Gasteiger charge is 2.42. The van der Waals surface area contributed by atoms with E-state index < -0.39 is 13.9 Å². The second kappa shape index (κ2) is 4.04. The first-order chi connectivity index (χ1) is 6.40. The van der Waals surface area contributed by atoms with Crippen LogP contribution in [0.5, 0.6) is 0 Å². The van der Waals surface area contributed by atoms with E-state index in [1.165, 1.54) is 6.42 Å². The molecule has 3 heteroatoms. The molecule has 1 fully saturated rings. The Kier molecular flexibility index (Phi) is 3.39. The summed E-state index contributed by atoms with van der Waals surface area (Å²) in [5, 5.41) is 9.32. The Bertz CT molecular complexity index is 241. The smallest absolute Gasteiger partial charge is 0.185 e. The summed E-state index contributed by atoms with van der Waals surface area (Å²) in [6.07, 6.45) is 4.45. The van der Waals surface area contributed by atoms with Crippen molar-refractivity contribution in [1.82, 2.24) is 0 Å². The Labute approximate surface area is 88.4 Å². The zero-order chi connectivity index (χ0) is 10.8. The van der Waals surface area contributed by atoms with Gasteiger partial charge in [-0.15, -0.1) is 0 Å². The lowest BCUT2D eigenvalue weighted by Gasteiger charge is -2.41. The topological polar surface area (TPSA) is 33.0 Å². The van der Waals surface area contributed by atoms with E-state index in [-0.39, 0.29) is 0 Å². The summed E-state index contributed by atoms with van der Waals surface area (Å²) in [7, 11) is -1.60. The van der Waals surface area contributed by atoms with E-state index in [0.29, 0.717) is 5.92 Å². The molecule has 0 bridgehead atoms. The molecule has 2 unspecified atom stereocenters. The Hall–Kier alpha value is -0.333. The summed E-state index contributed by atoms with van der Waals surface area (Å²) in [4.78, 5) is 0. The van der Waals surface area contributed by atoms with Gasteiger partial charge < -0.3 is 4.43 Å². The first kappa shape index (κ1) is 11.7. The predicted molar refractivity (Wildman–Crippen MR) is 60.4 cm³/mol. The molecular formula is C11H21NOSi. The third-order valence-electron chi connectivity index (χ3n) is 2.91. The van der Waals surface area contributed by atoms with Gasteiger partial charge in [0.1, 0.15) is 5.60 Å². The molecule has 0 saturated heterocycles. The predicted octanol–water partition coefficient (Wildman–Crippen LogP) is 3.31. The minimum Gasteiger partial charge on any atom is -0.400 e. The number of nitrogens with zero attached hydrogens (tertiary/aromatic N) is 1. The van der Waals surface area contributed by atoms with E-state index in [9.17, 15) is 5.26 Å². The molecule has 0 aromatic carbocycles. The molecular weight excluding hydrogens is 190 g/mol. The van der Waals surface area contributed by atoms with Crippen LogP contribution in [0.4, 0.5) is 0 Å². The van der Waals surface area contributed by atoms with Crippen molar-refractivity contribution in [3.05, 3.63) is 0 Å². The third-order valence-corrected chi connectivity index (χ3v) is 3.89. The van der Waals surface area contributed by atoms with Gasteiger partial charge >= 0.3 is 0 Å². The maximum Gasteiger partial charge on any atom is 0.185 e. The molecule has 0 aromatic heterocycles. The zero-order valence-corrected chi connectivity index (χ0v) is 10.8. The molecule has 0 N–H and O–H groups in total. The molecule has 14 heavy (non-hydrogen) atoms. The Morgan fingerprint density at radius 2 is 2.00 bits per heavy atom. The molecule has 1 aliphatic carbocycles. The van der Waals surface area contributed by atoms with E-state index >= 15 is 0 Å². The SMILES string of the molecule is CC1CCCCC1(C#N)O[Si](C)(C)C. The van der Waals surface area contributed by atoms with Crippen LogP contribution < -0.4 is 0 Å². The summed E-state index contributed by atoms with van der Waals surface area (Å²) >= 11 is 0. The van der Waals surface area contributed by atoms with Gasteiger partial charge in [-0.25, -0.2) is 0 Å². The minimum atomic E-state index is -1.60. The monoisotopic (exact) mass is 211 g/mol. The van der Waals surface area contributed by atoms with E-state index in [4.69, 9.17) is 4.43 Å². The van der Waals surface area contributed by atoms with E-state index in [2.05, 4.69) is 32.6 Å². The van der Waals surface area contributed by atoms with Gasteiger partial charge in [0.25, 0.3) is 0 Å². The number of nitriles is 1. The molecule has 0 aliphatic heterocycles. The van der Waals surface area contributed by atoms with Gasteiger partial charge in [0.15, 0.2) is 8.32 Å². The molecule has 1 saturated carbocycles. The molecule has 1 aliphatic rings. The molecule has 0 radical (unpaired) electrons. The molecule has 2 nitrogen and oxygen atoms in total. The lowest BCUT2D eigenvalue weighted by molar-refractivity contribution is 0.0280. The summed E-state index contributed by atoms with van der Waals surface area (Å²) in [6, 6.07) is 2.44. The Morgan fingerprint density at radius 3 is 2.43 bits per heavy atom. The highest BCUT2D eigenvalue weighted by Crippen LogP contribution is 2.38. The van der Waals surface area contributed by atoms with Crippen LogP contribution in [0.2, 0.25) is 19.6 Å². The maximum atomic E-state index is 9.32. The molecule has 0 aromatic rings. The van der Waals surface area contributed by atoms with Crippen molar-refractivity contribution in [2.75, 3.05) is 0 Å². The minimum absolute atomic E-state index is 0.396. The molecule has 1 rings (SSSR count). The van der Waals surface area contributed by atoms with Gasteiger partial charge in [-0.1, -0.05) is 13.3 Å². The number of hydrogen-bond acceptors (Lipinski definition) is 2. The third kappa shape index (κ3) is 2.58. The van der Waals surface area contributed by atoms with Crippen LogP contribution in [0, 0.1) is 17.2 Å². The standard InChI is InChI=1S/C11H21NOSi/c1-10-7-5-6-8-11(10,9-12)13-14(2,3)4/h10H,5-8H2,1-4H3. The van der Waals surface area contributed by atoms with Crippen molar-refractivity contribution < 1.29 is 4.43 Å². The van der Waals surface area contributed by atoms with Gasteiger partial charge in [0.2, 0.25) is 0 Å². The van der Waals surface area contributed by atoms with Crippen LogP contribution in [0.3, 0.4) is 0 Å². The molecule has 0 amide bonds. The van der Waals surface area contributed by atoms with E-state index in [1.54, 1.807) is 0 Å². The van der Waals surface area contributed by atoms with E-state index in [1.807, 2.05) is 0 Å². The summed E-state index contributed by atoms with van der Waals surface area (Å²) < 4.78 is 6.11. The summed E-state index contributed by atoms with van der Waals surface area (Å²) in [6.45, 7) is 8.64. The van der Waals surface area contributed by atoms with Crippen LogP contribution in [-0.2, 0) is 4.43 Å². The maximum absolute atomic E-state index is 9.32. The zero-order valence-electron chi connectivity index (χ0n) is 9.76. The average Bonchev–Trinajstić information content (AvgIpc) is 2.07. The van der Waals surface area contributed by atoms with E-state index in [0.717, 1.165) is 19.3 Å². The van der Waals surface area contributed by atoms with Crippen LogP contribution in [0.1, 0.15) is 32.6 Å². The number of rotatable bonds is 2. The second-order valence-electron chi connectivity index (χ2n) is 5.36. The first-order valence-electron chi connectivity index (χ1n) is 5.51.